The first kappa shape index (κ1) is 21.5. The van der Waals surface area contributed by atoms with Gasteiger partial charge in [-0.15, -0.1) is 0 Å². The number of amides is 1. The molecule has 0 saturated carbocycles. The third-order valence-electron chi connectivity index (χ3n) is 5.91. The summed E-state index contributed by atoms with van der Waals surface area (Å²) >= 11 is 0. The molecule has 1 N–H and O–H groups in total. The molecule has 5 rings (SSSR count). The number of carbonyl (C=O) groups is 1. The van der Waals surface area contributed by atoms with Gasteiger partial charge in [0, 0.05) is 38.6 Å². The van der Waals surface area contributed by atoms with Crippen LogP contribution >= 0.6 is 0 Å². The van der Waals surface area contributed by atoms with Crippen LogP contribution in [0.2, 0.25) is 0 Å². The minimum Gasteiger partial charge on any atom is -0.337 e. The van der Waals surface area contributed by atoms with Gasteiger partial charge in [0.25, 0.3) is 11.5 Å². The van der Waals surface area contributed by atoms with E-state index in [-0.39, 0.29) is 12.1 Å². The zero-order chi connectivity index (χ0) is 23.7. The highest BCUT2D eigenvalue weighted by molar-refractivity contribution is 5.95. The van der Waals surface area contributed by atoms with Gasteiger partial charge in [0.05, 0.1) is 23.0 Å². The maximum atomic E-state index is 14.6. The van der Waals surface area contributed by atoms with Crippen LogP contribution in [0.25, 0.3) is 10.9 Å². The van der Waals surface area contributed by atoms with Crippen LogP contribution in [-0.4, -0.2) is 56.5 Å². The molecule has 0 bridgehead atoms. The average Bonchev–Trinajstić information content (AvgIpc) is 2.88. The minimum absolute atomic E-state index is 0.0521. The molecule has 2 aromatic heterocycles. The summed E-state index contributed by atoms with van der Waals surface area (Å²) in [6, 6.07) is 12.7. The molecule has 1 aliphatic rings. The number of anilines is 1. The molecule has 1 saturated heterocycles. The number of fused-ring (bicyclic) bond motifs is 1. The molecule has 0 atom stereocenters. The van der Waals surface area contributed by atoms with Crippen molar-refractivity contribution in [3.8, 4) is 0 Å². The molecule has 34 heavy (non-hydrogen) atoms. The van der Waals surface area contributed by atoms with Crippen LogP contribution in [0.5, 0.6) is 0 Å². The fraction of sp³-hybridized carbons (Fsp3) is 0.208. The van der Waals surface area contributed by atoms with E-state index >= 15 is 0 Å². The van der Waals surface area contributed by atoms with Crippen molar-refractivity contribution in [2.24, 2.45) is 0 Å². The van der Waals surface area contributed by atoms with Gasteiger partial charge in [0.2, 0.25) is 5.95 Å². The Morgan fingerprint density at radius 2 is 1.71 bits per heavy atom. The molecule has 9 nitrogen and oxygen atoms in total. The normalized spacial score (nSPS) is 13.9. The topological polar surface area (TPSA) is 104 Å². The summed E-state index contributed by atoms with van der Waals surface area (Å²) in [5.74, 6) is -0.436. The SMILES string of the molecule is O=C(c1cc(Cn2c(=O)[nH]c(=O)c3ccccc32)ccc1F)N1CCN(c2ncccn2)CC1. The first-order valence-corrected chi connectivity index (χ1v) is 10.8. The Bertz CT molecular complexity index is 1480. The Kier molecular flexibility index (Phi) is 5.62. The van der Waals surface area contributed by atoms with Crippen molar-refractivity contribution in [2.45, 2.75) is 6.54 Å². The molecule has 1 amide bonds. The number of piperazine rings is 1. The Morgan fingerprint density at radius 3 is 2.47 bits per heavy atom. The molecule has 172 valence electrons. The minimum atomic E-state index is -0.624. The summed E-state index contributed by atoms with van der Waals surface area (Å²) in [4.78, 5) is 52.0. The monoisotopic (exact) mass is 460 g/mol. The van der Waals surface area contributed by atoms with Crippen molar-refractivity contribution < 1.29 is 9.18 Å². The number of rotatable bonds is 4. The molecule has 4 aromatic rings. The number of hydrogen-bond donors (Lipinski definition) is 1. The maximum Gasteiger partial charge on any atom is 0.329 e. The number of carbonyl (C=O) groups excluding carboxylic acids is 1. The van der Waals surface area contributed by atoms with Crippen LogP contribution in [0.15, 0.2) is 70.5 Å². The number of halogens is 1. The lowest BCUT2D eigenvalue weighted by molar-refractivity contribution is 0.0741. The number of aromatic nitrogens is 4. The van der Waals surface area contributed by atoms with E-state index in [1.165, 1.54) is 22.8 Å². The highest BCUT2D eigenvalue weighted by Gasteiger charge is 2.25. The lowest BCUT2D eigenvalue weighted by Crippen LogP contribution is -2.49. The molecular weight excluding hydrogens is 439 g/mol. The van der Waals surface area contributed by atoms with Crippen LogP contribution in [-0.2, 0) is 6.54 Å². The molecule has 1 fully saturated rings. The van der Waals surface area contributed by atoms with Crippen molar-refractivity contribution in [1.29, 1.82) is 0 Å². The second-order valence-electron chi connectivity index (χ2n) is 8.00. The van der Waals surface area contributed by atoms with Crippen LogP contribution in [0.1, 0.15) is 15.9 Å². The number of nitrogens with zero attached hydrogens (tertiary/aromatic N) is 5. The Balaban J connectivity index is 1.38. The number of para-hydroxylation sites is 1. The van der Waals surface area contributed by atoms with Crippen LogP contribution in [0.4, 0.5) is 10.3 Å². The van der Waals surface area contributed by atoms with E-state index in [4.69, 9.17) is 0 Å². The number of benzene rings is 2. The Hall–Kier alpha value is -4.34. The number of hydrogen-bond acceptors (Lipinski definition) is 6. The quantitative estimate of drug-likeness (QED) is 0.497. The number of H-pyrrole nitrogens is 1. The molecule has 0 spiro atoms. The third-order valence-corrected chi connectivity index (χ3v) is 5.91. The largest absolute Gasteiger partial charge is 0.337 e. The second kappa shape index (κ2) is 8.89. The lowest BCUT2D eigenvalue weighted by atomic mass is 10.1. The van der Waals surface area contributed by atoms with E-state index in [0.29, 0.717) is 48.6 Å². The van der Waals surface area contributed by atoms with Crippen molar-refractivity contribution in [3.05, 3.63) is 98.7 Å². The Labute approximate surface area is 193 Å². The molecular formula is C24H21FN6O3. The van der Waals surface area contributed by atoms with Gasteiger partial charge in [0.15, 0.2) is 0 Å². The summed E-state index contributed by atoms with van der Waals surface area (Å²) in [6.07, 6.45) is 3.33. The van der Waals surface area contributed by atoms with E-state index in [0.717, 1.165) is 0 Å². The van der Waals surface area contributed by atoms with Crippen molar-refractivity contribution in [3.63, 3.8) is 0 Å². The van der Waals surface area contributed by atoms with Gasteiger partial charge >= 0.3 is 5.69 Å². The average molecular weight is 460 g/mol. The molecule has 10 heteroatoms. The van der Waals surface area contributed by atoms with Crippen LogP contribution in [0.3, 0.4) is 0 Å². The van der Waals surface area contributed by atoms with Crippen molar-refractivity contribution in [2.75, 3.05) is 31.1 Å². The van der Waals surface area contributed by atoms with E-state index in [1.807, 2.05) is 4.90 Å². The standard InChI is InChI=1S/C24H21FN6O3/c25-19-7-6-16(15-31-20-5-2-1-4-17(20)21(32)28-24(31)34)14-18(19)22(33)29-10-12-30(13-11-29)23-26-8-3-9-27-23/h1-9,14H,10-13,15H2,(H,28,32,34). The van der Waals surface area contributed by atoms with Crippen LogP contribution < -0.4 is 16.1 Å². The van der Waals surface area contributed by atoms with Gasteiger partial charge in [-0.1, -0.05) is 18.2 Å². The lowest BCUT2D eigenvalue weighted by Gasteiger charge is -2.34. The van der Waals surface area contributed by atoms with E-state index in [9.17, 15) is 18.8 Å². The molecule has 2 aromatic carbocycles. The summed E-state index contributed by atoms with van der Waals surface area (Å²) < 4.78 is 16.0. The molecule has 1 aliphatic heterocycles. The van der Waals surface area contributed by atoms with Crippen molar-refractivity contribution in [1.82, 2.24) is 24.4 Å². The van der Waals surface area contributed by atoms with Crippen LogP contribution in [0, 0.1) is 5.82 Å². The summed E-state index contributed by atoms with van der Waals surface area (Å²) in [5, 5.41) is 0.376. The fourth-order valence-electron chi connectivity index (χ4n) is 4.15. The first-order chi connectivity index (χ1) is 16.5. The van der Waals surface area contributed by atoms with E-state index < -0.39 is 23.0 Å². The molecule has 0 radical (unpaired) electrons. The van der Waals surface area contributed by atoms with Crippen molar-refractivity contribution >= 4 is 22.8 Å². The third kappa shape index (κ3) is 4.05. The van der Waals surface area contributed by atoms with Gasteiger partial charge in [-0.05, 0) is 35.9 Å². The summed E-state index contributed by atoms with van der Waals surface area (Å²) in [5.41, 5.74) is -0.0520. The highest BCUT2D eigenvalue weighted by Crippen LogP contribution is 2.18. The maximum absolute atomic E-state index is 14.6. The van der Waals surface area contributed by atoms with Gasteiger partial charge < -0.3 is 9.80 Å². The molecule has 3 heterocycles. The predicted molar refractivity (Wildman–Crippen MR) is 124 cm³/mol. The summed E-state index contributed by atoms with van der Waals surface area (Å²) in [6.45, 7) is 1.97. The number of aromatic amines is 1. The predicted octanol–water partition coefficient (Wildman–Crippen LogP) is 1.63. The summed E-state index contributed by atoms with van der Waals surface area (Å²) in [7, 11) is 0. The fourth-order valence-corrected chi connectivity index (χ4v) is 4.15. The molecule has 0 unspecified atom stereocenters. The van der Waals surface area contributed by atoms with Gasteiger partial charge in [-0.3, -0.25) is 19.1 Å². The first-order valence-electron chi connectivity index (χ1n) is 10.8. The second-order valence-corrected chi connectivity index (χ2v) is 8.00. The Morgan fingerprint density at radius 1 is 0.971 bits per heavy atom. The van der Waals surface area contributed by atoms with E-state index in [1.54, 1.807) is 47.6 Å². The smallest absolute Gasteiger partial charge is 0.329 e. The van der Waals surface area contributed by atoms with Gasteiger partial charge in [-0.2, -0.15) is 0 Å². The van der Waals surface area contributed by atoms with E-state index in [2.05, 4.69) is 15.0 Å². The van der Waals surface area contributed by atoms with Gasteiger partial charge in [0.1, 0.15) is 5.82 Å². The zero-order valence-electron chi connectivity index (χ0n) is 18.1. The highest BCUT2D eigenvalue weighted by atomic mass is 19.1. The zero-order valence-corrected chi connectivity index (χ0v) is 18.1. The molecule has 0 aliphatic carbocycles. The number of nitrogens with one attached hydrogen (secondary N) is 1. The van der Waals surface area contributed by atoms with Gasteiger partial charge in [-0.25, -0.2) is 19.2 Å².